The monoisotopic (exact) mass is 199 g/mol. The normalized spacial score (nSPS) is 9.31. The molecule has 0 spiro atoms. The minimum atomic E-state index is -0.352. The Morgan fingerprint density at radius 2 is 2.31 bits per heavy atom. The molecule has 0 aliphatic rings. The molecule has 1 rings (SSSR count). The van der Waals surface area contributed by atoms with Crippen LogP contribution < -0.4 is 10.6 Å². The number of carbonyl (C=O) groups is 2. The highest BCUT2D eigenvalue weighted by Gasteiger charge is 2.08. The van der Waals surface area contributed by atoms with E-state index in [-0.39, 0.29) is 18.2 Å². The molecule has 1 aromatic heterocycles. The maximum absolute atomic E-state index is 11.1. The van der Waals surface area contributed by atoms with E-state index >= 15 is 0 Å². The Morgan fingerprint density at radius 3 is 2.85 bits per heavy atom. The van der Waals surface area contributed by atoms with Crippen LogP contribution in [0.3, 0.4) is 0 Å². The van der Waals surface area contributed by atoms with Crippen LogP contribution in [0.2, 0.25) is 0 Å². The van der Waals surface area contributed by atoms with Crippen molar-refractivity contribution in [2.45, 2.75) is 6.42 Å². The van der Waals surface area contributed by atoms with Gasteiger partial charge >= 0.3 is 0 Å². The highest BCUT2D eigenvalue weighted by Crippen LogP contribution is 2.09. The van der Waals surface area contributed by atoms with Gasteiger partial charge in [-0.1, -0.05) is 0 Å². The number of rotatable bonds is 3. The molecule has 0 radical (unpaired) electrons. The molecule has 1 aromatic rings. The van der Waals surface area contributed by atoms with Gasteiger partial charge in [-0.3, -0.25) is 9.59 Å². The predicted molar refractivity (Wildman–Crippen MR) is 49.4 cm³/mol. The Morgan fingerprint density at radius 1 is 1.54 bits per heavy atom. The fraction of sp³-hybridized carbons (Fsp3) is 0.286. The molecular formula is C7H9N3O2S. The van der Waals surface area contributed by atoms with E-state index in [0.29, 0.717) is 5.13 Å². The maximum Gasteiger partial charge on any atom is 0.235 e. The van der Waals surface area contributed by atoms with Crippen LogP contribution in [-0.4, -0.2) is 23.8 Å². The van der Waals surface area contributed by atoms with Crippen LogP contribution in [0.25, 0.3) is 0 Å². The van der Waals surface area contributed by atoms with E-state index in [1.165, 1.54) is 18.4 Å². The van der Waals surface area contributed by atoms with Crippen molar-refractivity contribution in [1.82, 2.24) is 10.3 Å². The summed E-state index contributed by atoms with van der Waals surface area (Å²) in [7, 11) is 1.49. The fourth-order valence-corrected chi connectivity index (χ4v) is 1.23. The first kappa shape index (κ1) is 9.66. The Bertz CT molecular complexity index is 297. The molecule has 1 heterocycles. The lowest BCUT2D eigenvalue weighted by Crippen LogP contribution is -2.24. The van der Waals surface area contributed by atoms with Crippen LogP contribution in [-0.2, 0) is 9.59 Å². The van der Waals surface area contributed by atoms with Crippen molar-refractivity contribution in [2.75, 3.05) is 12.4 Å². The number of aromatic nitrogens is 1. The molecule has 0 atom stereocenters. The van der Waals surface area contributed by atoms with Gasteiger partial charge in [0.2, 0.25) is 11.8 Å². The summed E-state index contributed by atoms with van der Waals surface area (Å²) in [5, 5.41) is 7.11. The number of hydrogen-bond donors (Lipinski definition) is 2. The third-order valence-corrected chi connectivity index (χ3v) is 1.97. The number of thiazole rings is 1. The van der Waals surface area contributed by atoms with E-state index in [1.807, 2.05) is 0 Å². The van der Waals surface area contributed by atoms with Gasteiger partial charge < -0.3 is 10.6 Å². The smallest absolute Gasteiger partial charge is 0.235 e. The van der Waals surface area contributed by atoms with Crippen molar-refractivity contribution in [2.24, 2.45) is 0 Å². The minimum Gasteiger partial charge on any atom is -0.359 e. The molecule has 70 valence electrons. The van der Waals surface area contributed by atoms with E-state index in [9.17, 15) is 9.59 Å². The molecular weight excluding hydrogens is 190 g/mol. The highest BCUT2D eigenvalue weighted by atomic mass is 32.1. The van der Waals surface area contributed by atoms with E-state index in [1.54, 1.807) is 11.6 Å². The van der Waals surface area contributed by atoms with Gasteiger partial charge in [-0.25, -0.2) is 4.98 Å². The molecule has 13 heavy (non-hydrogen) atoms. The summed E-state index contributed by atoms with van der Waals surface area (Å²) >= 11 is 1.31. The summed E-state index contributed by atoms with van der Waals surface area (Å²) in [6.07, 6.45) is 1.41. The molecule has 0 fully saturated rings. The molecule has 0 saturated carbocycles. The second-order valence-electron chi connectivity index (χ2n) is 2.24. The average molecular weight is 199 g/mol. The van der Waals surface area contributed by atoms with Crippen molar-refractivity contribution in [1.29, 1.82) is 0 Å². The van der Waals surface area contributed by atoms with Crippen molar-refractivity contribution < 1.29 is 9.59 Å². The quantitative estimate of drug-likeness (QED) is 0.684. The molecule has 0 unspecified atom stereocenters. The van der Waals surface area contributed by atoms with Crippen molar-refractivity contribution in [3.05, 3.63) is 11.6 Å². The Kier molecular flexibility index (Phi) is 3.39. The lowest BCUT2D eigenvalue weighted by atomic mass is 10.4. The molecule has 0 bridgehead atoms. The lowest BCUT2D eigenvalue weighted by molar-refractivity contribution is -0.126. The number of amides is 2. The van der Waals surface area contributed by atoms with E-state index < -0.39 is 0 Å². The van der Waals surface area contributed by atoms with E-state index in [4.69, 9.17) is 0 Å². The van der Waals surface area contributed by atoms with Gasteiger partial charge in [-0.15, -0.1) is 11.3 Å². The fourth-order valence-electron chi connectivity index (χ4n) is 0.683. The van der Waals surface area contributed by atoms with Crippen LogP contribution >= 0.6 is 11.3 Å². The standard InChI is InChI=1S/C7H9N3O2S/c1-8-5(11)4-6(12)10-7-9-2-3-13-7/h2-3H,4H2,1H3,(H,8,11)(H,9,10,12). The zero-order chi connectivity index (χ0) is 9.68. The first-order chi connectivity index (χ1) is 6.22. The number of nitrogens with zero attached hydrogens (tertiary/aromatic N) is 1. The SMILES string of the molecule is CNC(=O)CC(=O)Nc1nccs1. The van der Waals surface area contributed by atoms with Gasteiger partial charge in [-0.05, 0) is 0 Å². The molecule has 5 nitrogen and oxygen atoms in total. The van der Waals surface area contributed by atoms with Gasteiger partial charge in [0.1, 0.15) is 6.42 Å². The summed E-state index contributed by atoms with van der Waals surface area (Å²) in [4.78, 5) is 25.7. The van der Waals surface area contributed by atoms with Gasteiger partial charge in [0.05, 0.1) is 0 Å². The summed E-state index contributed by atoms with van der Waals surface area (Å²) in [5.74, 6) is -0.664. The first-order valence-electron chi connectivity index (χ1n) is 3.62. The minimum absolute atomic E-state index is 0.171. The van der Waals surface area contributed by atoms with Crippen LogP contribution in [0.5, 0.6) is 0 Å². The van der Waals surface area contributed by atoms with Gasteiger partial charge in [0.15, 0.2) is 5.13 Å². The maximum atomic E-state index is 11.1. The number of carbonyl (C=O) groups excluding carboxylic acids is 2. The summed E-state index contributed by atoms with van der Waals surface area (Å²) in [5.41, 5.74) is 0. The number of hydrogen-bond acceptors (Lipinski definition) is 4. The Hall–Kier alpha value is -1.43. The first-order valence-corrected chi connectivity index (χ1v) is 4.50. The van der Waals surface area contributed by atoms with Crippen molar-refractivity contribution in [3.8, 4) is 0 Å². The third-order valence-electron chi connectivity index (χ3n) is 1.28. The van der Waals surface area contributed by atoms with Gasteiger partial charge in [-0.2, -0.15) is 0 Å². The summed E-state index contributed by atoms with van der Waals surface area (Å²) in [6, 6.07) is 0. The van der Waals surface area contributed by atoms with E-state index in [0.717, 1.165) is 0 Å². The molecule has 0 aliphatic heterocycles. The van der Waals surface area contributed by atoms with Crippen LogP contribution in [0.15, 0.2) is 11.6 Å². The second kappa shape index (κ2) is 4.56. The highest BCUT2D eigenvalue weighted by molar-refractivity contribution is 7.13. The second-order valence-corrected chi connectivity index (χ2v) is 3.13. The lowest BCUT2D eigenvalue weighted by Gasteiger charge is -1.99. The summed E-state index contributed by atoms with van der Waals surface area (Å²) in [6.45, 7) is 0. The molecule has 2 amide bonds. The molecule has 2 N–H and O–H groups in total. The predicted octanol–water partition coefficient (Wildman–Crippen LogP) is 0.218. The zero-order valence-corrected chi connectivity index (χ0v) is 7.85. The van der Waals surface area contributed by atoms with Crippen LogP contribution in [0.1, 0.15) is 6.42 Å². The third kappa shape index (κ3) is 3.20. The van der Waals surface area contributed by atoms with Gasteiger partial charge in [0, 0.05) is 18.6 Å². The summed E-state index contributed by atoms with van der Waals surface area (Å²) < 4.78 is 0. The zero-order valence-electron chi connectivity index (χ0n) is 7.03. The number of anilines is 1. The van der Waals surface area contributed by atoms with Crippen LogP contribution in [0.4, 0.5) is 5.13 Å². The number of nitrogens with one attached hydrogen (secondary N) is 2. The molecule has 0 saturated heterocycles. The average Bonchev–Trinajstić information content (AvgIpc) is 2.56. The molecule has 0 aromatic carbocycles. The van der Waals surface area contributed by atoms with Crippen LogP contribution in [0, 0.1) is 0 Å². The van der Waals surface area contributed by atoms with Gasteiger partial charge in [0.25, 0.3) is 0 Å². The Labute approximate surface area is 79.2 Å². The molecule has 0 aliphatic carbocycles. The molecule has 6 heteroatoms. The van der Waals surface area contributed by atoms with Crippen molar-refractivity contribution in [3.63, 3.8) is 0 Å². The van der Waals surface area contributed by atoms with Crippen molar-refractivity contribution >= 4 is 28.3 Å². The topological polar surface area (TPSA) is 71.1 Å². The largest absolute Gasteiger partial charge is 0.359 e. The Balaban J connectivity index is 2.38. The van der Waals surface area contributed by atoms with E-state index in [2.05, 4.69) is 15.6 Å².